The molecule has 2 heterocycles. The van der Waals surface area contributed by atoms with Gasteiger partial charge in [0, 0.05) is 16.4 Å². The Bertz CT molecular complexity index is 548. The van der Waals surface area contributed by atoms with Crippen molar-refractivity contribution in [3.63, 3.8) is 0 Å². The highest BCUT2D eigenvalue weighted by molar-refractivity contribution is 8.00. The minimum absolute atomic E-state index is 0.338. The van der Waals surface area contributed by atoms with E-state index < -0.39 is 5.60 Å². The number of aliphatic hydroxyl groups is 1. The molecule has 1 nitrogen and oxygen atoms in total. The Morgan fingerprint density at radius 3 is 3.06 bits per heavy atom. The second kappa shape index (κ2) is 4.87. The molecule has 0 bridgehead atoms. The third kappa shape index (κ3) is 2.20. The number of rotatable bonds is 2. The number of fused-ring (bicyclic) bond motifs is 1. The highest BCUT2D eigenvalue weighted by Gasteiger charge is 2.37. The van der Waals surface area contributed by atoms with Gasteiger partial charge in [-0.1, -0.05) is 25.1 Å². The lowest BCUT2D eigenvalue weighted by atomic mass is 9.87. The fraction of sp³-hybridized carbons (Fsp3) is 0.467. The van der Waals surface area contributed by atoms with E-state index in [1.807, 2.05) is 11.8 Å². The molecule has 1 saturated heterocycles. The first-order valence-corrected chi connectivity index (χ1v) is 8.41. The maximum absolute atomic E-state index is 10.9. The van der Waals surface area contributed by atoms with Crippen molar-refractivity contribution in [3.8, 4) is 0 Å². The molecule has 1 fully saturated rings. The topological polar surface area (TPSA) is 20.2 Å². The second-order valence-corrected chi connectivity index (χ2v) is 7.51. The molecule has 1 N–H and O–H groups in total. The molecule has 1 aromatic heterocycles. The minimum Gasteiger partial charge on any atom is -0.388 e. The summed E-state index contributed by atoms with van der Waals surface area (Å²) < 4.78 is 1.33. The van der Waals surface area contributed by atoms with E-state index >= 15 is 0 Å². The van der Waals surface area contributed by atoms with E-state index in [2.05, 4.69) is 36.6 Å². The summed E-state index contributed by atoms with van der Waals surface area (Å²) in [6.07, 6.45) is 2.87. The van der Waals surface area contributed by atoms with Crippen LogP contribution in [0.4, 0.5) is 0 Å². The molecular weight excluding hydrogens is 260 g/mol. The lowest BCUT2D eigenvalue weighted by Crippen LogP contribution is -2.43. The third-order valence-corrected chi connectivity index (χ3v) is 6.41. The third-order valence-electron chi connectivity index (χ3n) is 3.94. The molecule has 0 spiro atoms. The van der Waals surface area contributed by atoms with E-state index in [-0.39, 0.29) is 0 Å². The van der Waals surface area contributed by atoms with Gasteiger partial charge < -0.3 is 5.11 Å². The molecule has 1 aliphatic heterocycles. The number of benzene rings is 1. The lowest BCUT2D eigenvalue weighted by Gasteiger charge is -2.37. The molecule has 18 heavy (non-hydrogen) atoms. The predicted octanol–water partition coefficient (Wildman–Crippen LogP) is 4.09. The highest BCUT2D eigenvalue weighted by Crippen LogP contribution is 2.38. The Labute approximate surface area is 116 Å². The van der Waals surface area contributed by atoms with E-state index in [9.17, 15) is 5.11 Å². The van der Waals surface area contributed by atoms with Crippen LogP contribution in [0, 0.1) is 0 Å². The van der Waals surface area contributed by atoms with Crippen molar-refractivity contribution >= 4 is 33.2 Å². The zero-order chi connectivity index (χ0) is 12.6. The van der Waals surface area contributed by atoms with Crippen LogP contribution in [0.15, 0.2) is 29.6 Å². The largest absolute Gasteiger partial charge is 0.388 e. The second-order valence-electron chi connectivity index (χ2n) is 5.15. The molecule has 1 aliphatic rings. The van der Waals surface area contributed by atoms with Crippen LogP contribution < -0.4 is 0 Å². The van der Waals surface area contributed by atoms with Gasteiger partial charge >= 0.3 is 0 Å². The van der Waals surface area contributed by atoms with Gasteiger partial charge in [0.2, 0.25) is 0 Å². The Hall–Kier alpha value is -0.510. The van der Waals surface area contributed by atoms with E-state index in [0.29, 0.717) is 5.25 Å². The van der Waals surface area contributed by atoms with Gasteiger partial charge in [-0.15, -0.1) is 11.3 Å². The Morgan fingerprint density at radius 1 is 1.39 bits per heavy atom. The summed E-state index contributed by atoms with van der Waals surface area (Å²) in [7, 11) is 0. The molecule has 2 atom stereocenters. The Kier molecular flexibility index (Phi) is 3.39. The average Bonchev–Trinajstić information content (AvgIpc) is 2.77. The summed E-state index contributed by atoms with van der Waals surface area (Å²) in [5.74, 6) is 1.19. The average molecular weight is 278 g/mol. The van der Waals surface area contributed by atoms with Crippen LogP contribution >= 0.6 is 23.1 Å². The molecule has 2 unspecified atom stereocenters. The van der Waals surface area contributed by atoms with Crippen LogP contribution in [-0.2, 0) is 6.42 Å². The van der Waals surface area contributed by atoms with Gasteiger partial charge in [0.05, 0.1) is 5.60 Å². The van der Waals surface area contributed by atoms with Gasteiger partial charge in [0.25, 0.3) is 0 Å². The zero-order valence-corrected chi connectivity index (χ0v) is 12.2. The van der Waals surface area contributed by atoms with E-state index in [1.165, 1.54) is 21.4 Å². The standard InChI is InChI=1S/C15H18OS2/c1-11-15(16,7-4-8-17-11)9-12-10-18-14-6-3-2-5-13(12)14/h2-3,5-6,10-11,16H,4,7-9H2,1H3. The highest BCUT2D eigenvalue weighted by atomic mass is 32.2. The molecule has 96 valence electrons. The SMILES string of the molecule is CC1SCCCC1(O)Cc1csc2ccccc12. The summed E-state index contributed by atoms with van der Waals surface area (Å²) in [6, 6.07) is 8.50. The predicted molar refractivity (Wildman–Crippen MR) is 81.6 cm³/mol. The first kappa shape index (κ1) is 12.5. The normalized spacial score (nSPS) is 28.7. The van der Waals surface area contributed by atoms with Crippen LogP contribution in [0.3, 0.4) is 0 Å². The quantitative estimate of drug-likeness (QED) is 0.893. The fourth-order valence-corrected chi connectivity index (χ4v) is 4.87. The van der Waals surface area contributed by atoms with Crippen molar-refractivity contribution < 1.29 is 5.11 Å². The number of thiophene rings is 1. The first-order valence-electron chi connectivity index (χ1n) is 6.48. The Morgan fingerprint density at radius 2 is 2.22 bits per heavy atom. The van der Waals surface area contributed by atoms with Gasteiger partial charge in [-0.2, -0.15) is 11.8 Å². The maximum Gasteiger partial charge on any atom is 0.0804 e. The maximum atomic E-state index is 10.9. The smallest absolute Gasteiger partial charge is 0.0804 e. The summed E-state index contributed by atoms with van der Waals surface area (Å²) in [4.78, 5) is 0. The van der Waals surface area contributed by atoms with Crippen LogP contribution in [0.1, 0.15) is 25.3 Å². The van der Waals surface area contributed by atoms with Crippen molar-refractivity contribution in [3.05, 3.63) is 35.2 Å². The molecule has 0 saturated carbocycles. The molecule has 3 heteroatoms. The first-order chi connectivity index (χ1) is 8.69. The van der Waals surface area contributed by atoms with Crippen molar-refractivity contribution in [1.82, 2.24) is 0 Å². The summed E-state index contributed by atoms with van der Waals surface area (Å²) in [5.41, 5.74) is 0.791. The molecule has 0 aliphatic carbocycles. The number of thioether (sulfide) groups is 1. The van der Waals surface area contributed by atoms with Crippen molar-refractivity contribution in [2.45, 2.75) is 37.0 Å². The molecule has 0 amide bonds. The van der Waals surface area contributed by atoms with E-state index in [1.54, 1.807) is 11.3 Å². The van der Waals surface area contributed by atoms with Gasteiger partial charge in [0.15, 0.2) is 0 Å². The number of hydrogen-bond acceptors (Lipinski definition) is 3. The van der Waals surface area contributed by atoms with E-state index in [4.69, 9.17) is 0 Å². The van der Waals surface area contributed by atoms with Crippen LogP contribution in [-0.4, -0.2) is 21.7 Å². The van der Waals surface area contributed by atoms with Crippen molar-refractivity contribution in [1.29, 1.82) is 0 Å². The number of hydrogen-bond donors (Lipinski definition) is 1. The molecule has 3 rings (SSSR count). The van der Waals surface area contributed by atoms with Crippen LogP contribution in [0.25, 0.3) is 10.1 Å². The minimum atomic E-state index is -0.521. The molecule has 0 radical (unpaired) electrons. The molecular formula is C15H18OS2. The van der Waals surface area contributed by atoms with Crippen molar-refractivity contribution in [2.75, 3.05) is 5.75 Å². The lowest BCUT2D eigenvalue weighted by molar-refractivity contribution is 0.0301. The van der Waals surface area contributed by atoms with Crippen LogP contribution in [0.5, 0.6) is 0 Å². The van der Waals surface area contributed by atoms with Gasteiger partial charge in [-0.3, -0.25) is 0 Å². The summed E-state index contributed by atoms with van der Waals surface area (Å²) >= 11 is 3.69. The van der Waals surface area contributed by atoms with Crippen LogP contribution in [0.2, 0.25) is 0 Å². The molecule has 2 aromatic rings. The van der Waals surface area contributed by atoms with Gasteiger partial charge in [-0.25, -0.2) is 0 Å². The van der Waals surface area contributed by atoms with Crippen molar-refractivity contribution in [2.24, 2.45) is 0 Å². The monoisotopic (exact) mass is 278 g/mol. The van der Waals surface area contributed by atoms with Gasteiger partial charge in [-0.05, 0) is 41.0 Å². The van der Waals surface area contributed by atoms with E-state index in [0.717, 1.165) is 19.3 Å². The Balaban J connectivity index is 1.91. The summed E-state index contributed by atoms with van der Waals surface area (Å²) in [6.45, 7) is 2.17. The zero-order valence-electron chi connectivity index (χ0n) is 10.6. The molecule has 1 aromatic carbocycles. The van der Waals surface area contributed by atoms with Gasteiger partial charge in [0.1, 0.15) is 0 Å². The summed E-state index contributed by atoms with van der Waals surface area (Å²) in [5, 5.41) is 14.7. The fourth-order valence-electron chi connectivity index (χ4n) is 2.73.